The van der Waals surface area contributed by atoms with Crippen molar-refractivity contribution in [1.29, 1.82) is 0 Å². The van der Waals surface area contributed by atoms with Crippen LogP contribution < -0.4 is 15.5 Å². The minimum atomic E-state index is -2.75. The van der Waals surface area contributed by atoms with Crippen molar-refractivity contribution >= 4 is 28.1 Å². The van der Waals surface area contributed by atoms with Crippen molar-refractivity contribution in [3.63, 3.8) is 0 Å². The number of hydrogen-bond donors (Lipinski definition) is 4. The molecule has 176 valence electrons. The predicted octanol–water partition coefficient (Wildman–Crippen LogP) is 4.17. The highest BCUT2D eigenvalue weighted by Crippen LogP contribution is 2.42. The van der Waals surface area contributed by atoms with Gasteiger partial charge in [-0.2, -0.15) is 10.6 Å². The van der Waals surface area contributed by atoms with Crippen molar-refractivity contribution in [1.82, 2.24) is 15.3 Å². The smallest absolute Gasteiger partial charge is 0.319 e. The molecule has 0 aliphatic carbocycles. The van der Waals surface area contributed by atoms with E-state index in [4.69, 9.17) is 9.72 Å². The van der Waals surface area contributed by atoms with Crippen molar-refractivity contribution in [2.75, 3.05) is 35.7 Å². The monoisotopic (exact) mass is 463 g/mol. The number of aromatic nitrogens is 2. The van der Waals surface area contributed by atoms with E-state index in [1.807, 2.05) is 32.0 Å². The summed E-state index contributed by atoms with van der Waals surface area (Å²) in [5.74, 6) is 1.60. The van der Waals surface area contributed by atoms with E-state index < -0.39 is 10.6 Å². The third-order valence-electron chi connectivity index (χ3n) is 5.09. The van der Waals surface area contributed by atoms with Gasteiger partial charge in [0.15, 0.2) is 5.82 Å². The molecule has 32 heavy (non-hydrogen) atoms. The average molecular weight is 464 g/mol. The van der Waals surface area contributed by atoms with Crippen LogP contribution in [-0.2, 0) is 10.5 Å². The summed E-state index contributed by atoms with van der Waals surface area (Å²) in [7, 11) is -2.75. The molecule has 10 heteroatoms. The predicted molar refractivity (Wildman–Crippen MR) is 129 cm³/mol. The first-order chi connectivity index (χ1) is 15.2. The summed E-state index contributed by atoms with van der Waals surface area (Å²) < 4.78 is 26.1. The molecule has 2 heterocycles. The van der Waals surface area contributed by atoms with Gasteiger partial charge in [-0.05, 0) is 52.0 Å². The molecular weight excluding hydrogens is 430 g/mol. The molecule has 9 nitrogen and oxygen atoms in total. The van der Waals surface area contributed by atoms with Crippen LogP contribution >= 0.6 is 10.6 Å². The van der Waals surface area contributed by atoms with Gasteiger partial charge >= 0.3 is 6.03 Å². The average Bonchev–Trinajstić information content (AvgIpc) is 2.73. The van der Waals surface area contributed by atoms with Gasteiger partial charge in [-0.25, -0.2) is 14.8 Å². The number of nitrogens with one attached hydrogen (secondary N) is 2. The maximum Gasteiger partial charge on any atom is 0.319 e. The molecule has 1 saturated heterocycles. The zero-order valence-electron chi connectivity index (χ0n) is 19.0. The summed E-state index contributed by atoms with van der Waals surface area (Å²) in [6.45, 7) is 9.54. The summed E-state index contributed by atoms with van der Waals surface area (Å²) in [5.41, 5.74) is 2.02. The minimum Gasteiger partial charge on any atom is -0.377 e. The molecule has 4 N–H and O–H groups in total. The van der Waals surface area contributed by atoms with Gasteiger partial charge in [-0.3, -0.25) is 9.11 Å². The Balaban J connectivity index is 1.90. The van der Waals surface area contributed by atoms with E-state index in [2.05, 4.69) is 27.4 Å². The van der Waals surface area contributed by atoms with E-state index in [0.717, 1.165) is 11.4 Å². The Kier molecular flexibility index (Phi) is 7.94. The SMILES string of the molecule is CCS(O)(O)Cc1cc(N2CCOC[C@@H]2C)nc(-c2ccc(NC(=O)NC(C)C)cc2)n1. The standard InChI is InChI=1S/C22H33N5O4S/c1-5-32(29,30)14-19-12-20(27-10-11-31-13-16(27)4)26-21(24-19)17-6-8-18(9-7-17)25-22(28)23-15(2)3/h6-9,12,15-16,29-30H,5,10-11,13-14H2,1-4H3,(H2,23,25,28)/t16-/m0/s1. The normalized spacial score (nSPS) is 17.3. The fourth-order valence-corrected chi connectivity index (χ4v) is 4.20. The van der Waals surface area contributed by atoms with E-state index in [1.54, 1.807) is 19.1 Å². The molecule has 2 amide bonds. The van der Waals surface area contributed by atoms with Crippen molar-refractivity contribution in [3.05, 3.63) is 36.0 Å². The van der Waals surface area contributed by atoms with Crippen molar-refractivity contribution in [2.24, 2.45) is 0 Å². The van der Waals surface area contributed by atoms with Gasteiger partial charge in [-0.1, -0.05) is 0 Å². The lowest BCUT2D eigenvalue weighted by atomic mass is 10.2. The second kappa shape index (κ2) is 10.5. The Morgan fingerprint density at radius 1 is 1.28 bits per heavy atom. The van der Waals surface area contributed by atoms with Crippen LogP contribution in [0.15, 0.2) is 30.3 Å². The van der Waals surface area contributed by atoms with Crippen LogP contribution in [0.5, 0.6) is 0 Å². The number of anilines is 2. The molecule has 1 fully saturated rings. The quantitative estimate of drug-likeness (QED) is 0.486. The van der Waals surface area contributed by atoms with Gasteiger partial charge in [0.25, 0.3) is 0 Å². The van der Waals surface area contributed by atoms with Crippen LogP contribution in [0.1, 0.15) is 33.4 Å². The number of nitrogens with zero attached hydrogens (tertiary/aromatic N) is 3. The maximum atomic E-state index is 11.9. The Bertz CT molecular complexity index is 923. The van der Waals surface area contributed by atoms with Gasteiger partial charge < -0.3 is 20.3 Å². The molecule has 0 radical (unpaired) electrons. The first-order valence-corrected chi connectivity index (χ1v) is 12.7. The number of carbonyl (C=O) groups is 1. The summed E-state index contributed by atoms with van der Waals surface area (Å²) >= 11 is 0. The van der Waals surface area contributed by atoms with Crippen LogP contribution in [0.4, 0.5) is 16.3 Å². The largest absolute Gasteiger partial charge is 0.377 e. The van der Waals surface area contributed by atoms with Gasteiger partial charge in [0.2, 0.25) is 0 Å². The van der Waals surface area contributed by atoms with Gasteiger partial charge in [0.1, 0.15) is 5.82 Å². The second-order valence-electron chi connectivity index (χ2n) is 8.22. The summed E-state index contributed by atoms with van der Waals surface area (Å²) in [5, 5.41) is 5.58. The maximum absolute atomic E-state index is 11.9. The second-order valence-corrected chi connectivity index (χ2v) is 10.7. The zero-order chi connectivity index (χ0) is 23.3. The first-order valence-electron chi connectivity index (χ1n) is 10.8. The highest BCUT2D eigenvalue weighted by molar-refractivity contribution is 8.23. The molecule has 1 atom stereocenters. The molecule has 1 aliphatic heterocycles. The van der Waals surface area contributed by atoms with E-state index in [1.165, 1.54) is 0 Å². The van der Waals surface area contributed by atoms with Gasteiger partial charge in [-0.15, -0.1) is 0 Å². The van der Waals surface area contributed by atoms with E-state index in [9.17, 15) is 13.9 Å². The van der Waals surface area contributed by atoms with Crippen LogP contribution in [0.2, 0.25) is 0 Å². The molecule has 1 aromatic heterocycles. The fraction of sp³-hybridized carbons (Fsp3) is 0.500. The van der Waals surface area contributed by atoms with Gasteiger partial charge in [0, 0.05) is 35.7 Å². The number of rotatable bonds is 7. The molecule has 0 unspecified atom stereocenters. The van der Waals surface area contributed by atoms with E-state index in [-0.39, 0.29) is 29.6 Å². The lowest BCUT2D eigenvalue weighted by Crippen LogP contribution is -2.44. The lowest BCUT2D eigenvalue weighted by Gasteiger charge is -2.35. The number of urea groups is 1. The van der Waals surface area contributed by atoms with Crippen molar-refractivity contribution in [3.8, 4) is 11.4 Å². The number of benzene rings is 1. The Morgan fingerprint density at radius 2 is 2.00 bits per heavy atom. The summed E-state index contributed by atoms with van der Waals surface area (Å²) in [6, 6.07) is 9.03. The van der Waals surface area contributed by atoms with Gasteiger partial charge in [0.05, 0.1) is 30.7 Å². The van der Waals surface area contributed by atoms with Crippen molar-refractivity contribution in [2.45, 2.75) is 45.5 Å². The molecule has 2 aromatic rings. The summed E-state index contributed by atoms with van der Waals surface area (Å²) in [6.07, 6.45) is 0. The lowest BCUT2D eigenvalue weighted by molar-refractivity contribution is 0.0985. The molecular formula is C22H33N5O4S. The fourth-order valence-electron chi connectivity index (χ4n) is 3.37. The molecule has 3 rings (SSSR count). The Labute approximate surface area is 191 Å². The number of amides is 2. The van der Waals surface area contributed by atoms with Crippen LogP contribution in [0.3, 0.4) is 0 Å². The Morgan fingerprint density at radius 3 is 2.62 bits per heavy atom. The van der Waals surface area contributed by atoms with Crippen molar-refractivity contribution < 1.29 is 18.6 Å². The molecule has 1 aromatic carbocycles. The highest BCUT2D eigenvalue weighted by Gasteiger charge is 2.23. The van der Waals surface area contributed by atoms with Crippen LogP contribution in [-0.4, -0.2) is 62.7 Å². The van der Waals surface area contributed by atoms with E-state index in [0.29, 0.717) is 37.0 Å². The zero-order valence-corrected chi connectivity index (χ0v) is 19.9. The number of ether oxygens (including phenoxy) is 1. The molecule has 0 spiro atoms. The number of morpholine rings is 1. The molecule has 1 aliphatic rings. The molecule has 0 bridgehead atoms. The third-order valence-corrected chi connectivity index (χ3v) is 6.77. The topological polar surface area (TPSA) is 120 Å². The minimum absolute atomic E-state index is 0.0434. The van der Waals surface area contributed by atoms with E-state index >= 15 is 0 Å². The molecule has 0 saturated carbocycles. The first kappa shape index (κ1) is 24.2. The van der Waals surface area contributed by atoms with Crippen LogP contribution in [0.25, 0.3) is 11.4 Å². The van der Waals surface area contributed by atoms with Crippen LogP contribution in [0, 0.1) is 0 Å². The Hall–Kier alpha value is -2.40. The number of hydrogen-bond acceptors (Lipinski definition) is 7. The number of carbonyl (C=O) groups excluding carboxylic acids is 1. The summed E-state index contributed by atoms with van der Waals surface area (Å²) in [4.78, 5) is 23.5. The third kappa shape index (κ3) is 6.55. The highest BCUT2D eigenvalue weighted by atomic mass is 32.3.